The molecule has 10 aromatic rings. The zero-order valence-electron chi connectivity index (χ0n) is 32.5. The van der Waals surface area contributed by atoms with Crippen LogP contribution in [0.3, 0.4) is 0 Å². The molecule has 0 bridgehead atoms. The average Bonchev–Trinajstić information content (AvgIpc) is 3.80. The summed E-state index contributed by atoms with van der Waals surface area (Å²) in [5, 5.41) is 34.7. The summed E-state index contributed by atoms with van der Waals surface area (Å²) in [7, 11) is 0. The van der Waals surface area contributed by atoms with E-state index in [1.165, 1.54) is 12.1 Å². The van der Waals surface area contributed by atoms with Crippen molar-refractivity contribution >= 4 is 43.6 Å². The van der Waals surface area contributed by atoms with Gasteiger partial charge in [0.1, 0.15) is 0 Å². The second kappa shape index (κ2) is 14.2. The molecule has 0 saturated heterocycles. The van der Waals surface area contributed by atoms with Crippen LogP contribution >= 0.6 is 0 Å². The minimum atomic E-state index is -4.56. The third kappa shape index (κ3) is 5.91. The van der Waals surface area contributed by atoms with Crippen molar-refractivity contribution in [1.29, 1.82) is 15.8 Å². The van der Waals surface area contributed by atoms with E-state index in [2.05, 4.69) is 27.3 Å². The molecule has 0 amide bonds. The van der Waals surface area contributed by atoms with E-state index < -0.39 is 11.7 Å². The number of aromatic nitrogens is 2. The molecule has 0 unspecified atom stereocenters. The lowest BCUT2D eigenvalue weighted by Gasteiger charge is -2.22. The molecule has 0 radical (unpaired) electrons. The van der Waals surface area contributed by atoms with Crippen LogP contribution in [0.4, 0.5) is 13.2 Å². The van der Waals surface area contributed by atoms with Gasteiger partial charge in [0.25, 0.3) is 0 Å². The number of hydrogen-bond acceptors (Lipinski definition) is 3. The molecule has 0 N–H and O–H groups in total. The third-order valence-electron chi connectivity index (χ3n) is 11.6. The highest BCUT2D eigenvalue weighted by atomic mass is 19.4. The monoisotopic (exact) mass is 793 g/mol. The van der Waals surface area contributed by atoms with Crippen LogP contribution in [0.2, 0.25) is 0 Å². The van der Waals surface area contributed by atoms with Crippen LogP contribution in [0.5, 0.6) is 0 Å². The molecule has 2 heterocycles. The zero-order chi connectivity index (χ0) is 42.0. The van der Waals surface area contributed by atoms with Crippen LogP contribution in [0.25, 0.3) is 88.4 Å². The maximum Gasteiger partial charge on any atom is 0.416 e. The number of rotatable bonds is 5. The van der Waals surface area contributed by atoms with Gasteiger partial charge >= 0.3 is 6.18 Å². The minimum absolute atomic E-state index is 0.340. The Morgan fingerprint density at radius 3 is 1.36 bits per heavy atom. The van der Waals surface area contributed by atoms with Crippen molar-refractivity contribution in [3.8, 4) is 63.0 Å². The molecule has 61 heavy (non-hydrogen) atoms. The molecule has 0 spiro atoms. The summed E-state index contributed by atoms with van der Waals surface area (Å²) in [6.45, 7) is 1.68. The molecule has 288 valence electrons. The molecular formula is C53H30F3N5. The van der Waals surface area contributed by atoms with Crippen molar-refractivity contribution in [2.24, 2.45) is 0 Å². The van der Waals surface area contributed by atoms with Crippen LogP contribution in [0, 0.1) is 40.9 Å². The Bertz CT molecular complexity index is 3390. The molecule has 0 aliphatic heterocycles. The van der Waals surface area contributed by atoms with Gasteiger partial charge in [-0.15, -0.1) is 0 Å². The Kier molecular flexibility index (Phi) is 8.58. The number of hydrogen-bond donors (Lipinski definition) is 0. The van der Waals surface area contributed by atoms with Crippen molar-refractivity contribution in [1.82, 2.24) is 9.13 Å². The lowest BCUT2D eigenvalue weighted by atomic mass is 9.93. The first-order valence-corrected chi connectivity index (χ1v) is 19.5. The second-order valence-corrected chi connectivity index (χ2v) is 15.0. The van der Waals surface area contributed by atoms with Crippen molar-refractivity contribution < 1.29 is 13.2 Å². The summed E-state index contributed by atoms with van der Waals surface area (Å²) in [5.41, 5.74) is 9.71. The number of nitriles is 3. The number of aryl methyl sites for hydroxylation is 1. The Balaban J connectivity index is 1.38. The van der Waals surface area contributed by atoms with E-state index in [0.29, 0.717) is 44.8 Å². The summed E-state index contributed by atoms with van der Waals surface area (Å²) in [5.74, 6) is 0. The van der Waals surface area contributed by atoms with Gasteiger partial charge in [-0.05, 0) is 101 Å². The van der Waals surface area contributed by atoms with Gasteiger partial charge in [-0.1, -0.05) is 103 Å². The van der Waals surface area contributed by atoms with Crippen molar-refractivity contribution in [2.45, 2.75) is 13.1 Å². The molecule has 2 aromatic heterocycles. The van der Waals surface area contributed by atoms with E-state index in [4.69, 9.17) is 0 Å². The van der Waals surface area contributed by atoms with Gasteiger partial charge in [-0.2, -0.15) is 29.0 Å². The topological polar surface area (TPSA) is 81.2 Å². The number of alkyl halides is 3. The Morgan fingerprint density at radius 1 is 0.443 bits per heavy atom. The number of benzene rings is 8. The van der Waals surface area contributed by atoms with Gasteiger partial charge in [-0.3, -0.25) is 0 Å². The third-order valence-corrected chi connectivity index (χ3v) is 11.6. The highest BCUT2D eigenvalue weighted by Gasteiger charge is 2.32. The van der Waals surface area contributed by atoms with Crippen LogP contribution in [-0.2, 0) is 6.18 Å². The maximum atomic E-state index is 14.3. The quantitative estimate of drug-likeness (QED) is 0.174. The number of nitrogens with zero attached hydrogens (tertiary/aromatic N) is 5. The summed E-state index contributed by atoms with van der Waals surface area (Å²) >= 11 is 0. The summed E-state index contributed by atoms with van der Waals surface area (Å²) in [4.78, 5) is 0. The highest BCUT2D eigenvalue weighted by molar-refractivity contribution is 6.13. The largest absolute Gasteiger partial charge is 0.416 e. The smallest absolute Gasteiger partial charge is 0.308 e. The first-order chi connectivity index (χ1) is 29.7. The second-order valence-electron chi connectivity index (χ2n) is 15.0. The van der Waals surface area contributed by atoms with Crippen LogP contribution in [0.15, 0.2) is 164 Å². The molecular weight excluding hydrogens is 764 g/mol. The lowest BCUT2D eigenvalue weighted by Crippen LogP contribution is -2.08. The fourth-order valence-corrected chi connectivity index (χ4v) is 8.89. The summed E-state index contributed by atoms with van der Waals surface area (Å²) in [6, 6.07) is 57.2. The first kappa shape index (κ1) is 36.9. The van der Waals surface area contributed by atoms with Crippen LogP contribution < -0.4 is 0 Å². The highest BCUT2D eigenvalue weighted by Crippen LogP contribution is 2.45. The SMILES string of the molecule is Cc1cc(C(F)(F)F)ccc1-c1c(-n2c3ccccc3c3ccc(-c4ccccc4C#N)cc32)cc(C#N)cc1-n1c2ccccc2c2ccc(-c3ccccc3C#N)cc21. The molecule has 5 nitrogen and oxygen atoms in total. The summed E-state index contributed by atoms with van der Waals surface area (Å²) < 4.78 is 47.0. The standard InChI is InChI=1S/C53H30F3N5/c1-32-24-38(53(54,55)56)20-23-39(32)52-50(60-46-16-8-6-14-42(46)44-21-18-34(27-48(44)60)40-12-4-2-10-36(40)30-58)25-33(29-57)26-51(52)61-47-17-9-7-15-43(47)45-22-19-35(28-49(45)61)41-13-5-3-11-37(41)31-59/h2-28H,1H3. The predicted molar refractivity (Wildman–Crippen MR) is 235 cm³/mol. The van der Waals surface area contributed by atoms with Crippen molar-refractivity contribution in [3.05, 3.63) is 192 Å². The molecule has 8 heteroatoms. The van der Waals surface area contributed by atoms with Crippen molar-refractivity contribution in [3.63, 3.8) is 0 Å². The Morgan fingerprint density at radius 2 is 0.902 bits per heavy atom. The van der Waals surface area contributed by atoms with E-state index in [0.717, 1.165) is 71.9 Å². The zero-order valence-corrected chi connectivity index (χ0v) is 32.5. The first-order valence-electron chi connectivity index (χ1n) is 19.5. The van der Waals surface area contributed by atoms with E-state index in [1.807, 2.05) is 121 Å². The molecule has 0 saturated carbocycles. The van der Waals surface area contributed by atoms with Crippen LogP contribution in [-0.4, -0.2) is 9.13 Å². The summed E-state index contributed by atoms with van der Waals surface area (Å²) in [6.07, 6.45) is -4.56. The lowest BCUT2D eigenvalue weighted by molar-refractivity contribution is -0.137. The van der Waals surface area contributed by atoms with E-state index in [9.17, 15) is 29.0 Å². The van der Waals surface area contributed by atoms with E-state index in [1.54, 1.807) is 31.2 Å². The van der Waals surface area contributed by atoms with Gasteiger partial charge in [0.2, 0.25) is 0 Å². The van der Waals surface area contributed by atoms with Gasteiger partial charge in [-0.25, -0.2) is 0 Å². The fourth-order valence-electron chi connectivity index (χ4n) is 8.89. The van der Waals surface area contributed by atoms with E-state index >= 15 is 0 Å². The fraction of sp³-hybridized carbons (Fsp3) is 0.0377. The number of halogens is 3. The van der Waals surface area contributed by atoms with Gasteiger partial charge < -0.3 is 9.13 Å². The van der Waals surface area contributed by atoms with Gasteiger partial charge in [0, 0.05) is 27.1 Å². The maximum absolute atomic E-state index is 14.3. The molecule has 10 rings (SSSR count). The Labute approximate surface area is 348 Å². The van der Waals surface area contributed by atoms with Gasteiger partial charge in [0.15, 0.2) is 0 Å². The van der Waals surface area contributed by atoms with E-state index in [-0.39, 0.29) is 0 Å². The number of fused-ring (bicyclic) bond motifs is 6. The Hall–Kier alpha value is -8.38. The molecule has 0 aliphatic rings. The molecule has 0 fully saturated rings. The molecule has 0 atom stereocenters. The minimum Gasteiger partial charge on any atom is -0.308 e. The van der Waals surface area contributed by atoms with Gasteiger partial charge in [0.05, 0.1) is 73.9 Å². The average molecular weight is 794 g/mol. The van der Waals surface area contributed by atoms with Crippen molar-refractivity contribution in [2.75, 3.05) is 0 Å². The molecule has 0 aliphatic carbocycles. The predicted octanol–water partition coefficient (Wildman–Crippen LogP) is 13.8. The normalized spacial score (nSPS) is 11.6. The van der Waals surface area contributed by atoms with Crippen LogP contribution in [0.1, 0.15) is 27.8 Å². The number of para-hydroxylation sites is 2. The molecule has 8 aromatic carbocycles.